The quantitative estimate of drug-likeness (QED) is 0.865. The summed E-state index contributed by atoms with van der Waals surface area (Å²) < 4.78 is 5.44. The van der Waals surface area contributed by atoms with Crippen LogP contribution in [-0.2, 0) is 13.0 Å². The van der Waals surface area contributed by atoms with E-state index < -0.39 is 0 Å². The molecule has 102 valence electrons. The number of anilines is 1. The Balaban J connectivity index is 2.22. The van der Waals surface area contributed by atoms with Crippen molar-refractivity contribution in [2.24, 2.45) is 5.73 Å². The summed E-state index contributed by atoms with van der Waals surface area (Å²) in [7, 11) is 0. The summed E-state index contributed by atoms with van der Waals surface area (Å²) in [6, 6.07) is 12.6. The van der Waals surface area contributed by atoms with Crippen molar-refractivity contribution in [2.45, 2.75) is 32.9 Å². The van der Waals surface area contributed by atoms with Gasteiger partial charge in [0.1, 0.15) is 5.76 Å². The van der Waals surface area contributed by atoms with Crippen molar-refractivity contribution in [3.05, 3.63) is 54.0 Å². The lowest BCUT2D eigenvalue weighted by Crippen LogP contribution is -2.25. The Kier molecular flexibility index (Phi) is 4.63. The molecule has 0 fully saturated rings. The van der Waals surface area contributed by atoms with Gasteiger partial charge in [0.05, 0.1) is 12.8 Å². The van der Waals surface area contributed by atoms with Gasteiger partial charge in [-0.2, -0.15) is 0 Å². The molecule has 0 amide bonds. The van der Waals surface area contributed by atoms with Gasteiger partial charge in [-0.1, -0.05) is 18.2 Å². The van der Waals surface area contributed by atoms with E-state index >= 15 is 0 Å². The van der Waals surface area contributed by atoms with Crippen molar-refractivity contribution in [1.29, 1.82) is 0 Å². The van der Waals surface area contributed by atoms with Crippen LogP contribution in [0.4, 0.5) is 5.69 Å². The zero-order valence-electron chi connectivity index (χ0n) is 11.7. The number of benzene rings is 1. The monoisotopic (exact) mass is 258 g/mol. The number of para-hydroxylation sites is 1. The van der Waals surface area contributed by atoms with Crippen LogP contribution < -0.4 is 10.6 Å². The minimum absolute atomic E-state index is 0.170. The Morgan fingerprint density at radius 1 is 1.21 bits per heavy atom. The van der Waals surface area contributed by atoms with E-state index in [0.717, 1.165) is 25.3 Å². The highest BCUT2D eigenvalue weighted by Gasteiger charge is 2.12. The minimum atomic E-state index is 0.170. The van der Waals surface area contributed by atoms with Crippen molar-refractivity contribution in [3.8, 4) is 0 Å². The number of hydrogen-bond donors (Lipinski definition) is 1. The van der Waals surface area contributed by atoms with Crippen LogP contribution >= 0.6 is 0 Å². The summed E-state index contributed by atoms with van der Waals surface area (Å²) in [4.78, 5) is 2.32. The van der Waals surface area contributed by atoms with E-state index in [1.165, 1.54) is 11.3 Å². The standard InChI is InChI=1S/C16H22N2O/c1-3-18(12-15-8-6-10-19-15)16-9-5-4-7-14(16)11-13(2)17/h4-10,13H,3,11-12,17H2,1-2H3. The molecule has 3 nitrogen and oxygen atoms in total. The summed E-state index contributed by atoms with van der Waals surface area (Å²) in [5.74, 6) is 0.984. The number of nitrogens with two attached hydrogens (primary N) is 1. The maximum Gasteiger partial charge on any atom is 0.123 e. The largest absolute Gasteiger partial charge is 0.467 e. The van der Waals surface area contributed by atoms with E-state index in [2.05, 4.69) is 36.1 Å². The highest BCUT2D eigenvalue weighted by atomic mass is 16.3. The maximum absolute atomic E-state index is 5.93. The van der Waals surface area contributed by atoms with Gasteiger partial charge in [-0.3, -0.25) is 0 Å². The third kappa shape index (κ3) is 3.61. The molecule has 1 heterocycles. The van der Waals surface area contributed by atoms with Crippen LogP contribution in [0.3, 0.4) is 0 Å². The lowest BCUT2D eigenvalue weighted by molar-refractivity contribution is 0.503. The van der Waals surface area contributed by atoms with E-state index in [1.54, 1.807) is 6.26 Å². The summed E-state index contributed by atoms with van der Waals surface area (Å²) >= 11 is 0. The molecule has 0 aliphatic rings. The van der Waals surface area contributed by atoms with Gasteiger partial charge in [0.25, 0.3) is 0 Å². The van der Waals surface area contributed by atoms with Crippen LogP contribution in [0.1, 0.15) is 25.2 Å². The molecule has 2 rings (SSSR count). The van der Waals surface area contributed by atoms with Crippen molar-refractivity contribution < 1.29 is 4.42 Å². The number of rotatable bonds is 6. The number of nitrogens with zero attached hydrogens (tertiary/aromatic N) is 1. The zero-order chi connectivity index (χ0) is 13.7. The second kappa shape index (κ2) is 6.43. The van der Waals surface area contributed by atoms with E-state index in [-0.39, 0.29) is 6.04 Å². The summed E-state index contributed by atoms with van der Waals surface area (Å²) in [6.07, 6.45) is 2.61. The molecule has 3 heteroatoms. The number of furan rings is 1. The lowest BCUT2D eigenvalue weighted by Gasteiger charge is -2.25. The molecule has 0 bridgehead atoms. The topological polar surface area (TPSA) is 42.4 Å². The van der Waals surface area contributed by atoms with Gasteiger partial charge in [-0.15, -0.1) is 0 Å². The van der Waals surface area contributed by atoms with Gasteiger partial charge in [-0.05, 0) is 44.0 Å². The van der Waals surface area contributed by atoms with Gasteiger partial charge >= 0.3 is 0 Å². The molecule has 0 spiro atoms. The molecule has 1 unspecified atom stereocenters. The lowest BCUT2D eigenvalue weighted by atomic mass is 10.0. The van der Waals surface area contributed by atoms with Gasteiger partial charge < -0.3 is 15.1 Å². The first-order valence-corrected chi connectivity index (χ1v) is 6.81. The average Bonchev–Trinajstić information content (AvgIpc) is 2.89. The minimum Gasteiger partial charge on any atom is -0.467 e. The van der Waals surface area contributed by atoms with Crippen LogP contribution in [0.25, 0.3) is 0 Å². The predicted octanol–water partition coefficient (Wildman–Crippen LogP) is 3.20. The maximum atomic E-state index is 5.93. The van der Waals surface area contributed by atoms with Crippen LogP contribution in [0.2, 0.25) is 0 Å². The summed E-state index contributed by atoms with van der Waals surface area (Å²) in [6.45, 7) is 5.93. The van der Waals surface area contributed by atoms with Gasteiger partial charge in [0.15, 0.2) is 0 Å². The Bertz CT molecular complexity index is 491. The summed E-state index contributed by atoms with van der Waals surface area (Å²) in [5, 5.41) is 0. The fourth-order valence-corrected chi connectivity index (χ4v) is 2.30. The van der Waals surface area contributed by atoms with Crippen LogP contribution in [0.15, 0.2) is 47.1 Å². The van der Waals surface area contributed by atoms with E-state index in [9.17, 15) is 0 Å². The third-order valence-corrected chi connectivity index (χ3v) is 3.18. The molecule has 1 aromatic carbocycles. The fourth-order valence-electron chi connectivity index (χ4n) is 2.30. The first-order valence-electron chi connectivity index (χ1n) is 6.81. The first kappa shape index (κ1) is 13.7. The van der Waals surface area contributed by atoms with Crippen LogP contribution in [-0.4, -0.2) is 12.6 Å². The fraction of sp³-hybridized carbons (Fsp3) is 0.375. The van der Waals surface area contributed by atoms with Crippen molar-refractivity contribution in [1.82, 2.24) is 0 Å². The highest BCUT2D eigenvalue weighted by molar-refractivity contribution is 5.54. The average molecular weight is 258 g/mol. The van der Waals surface area contributed by atoms with Gasteiger partial charge in [0.2, 0.25) is 0 Å². The van der Waals surface area contributed by atoms with Crippen molar-refractivity contribution in [2.75, 3.05) is 11.4 Å². The molecular weight excluding hydrogens is 236 g/mol. The molecule has 19 heavy (non-hydrogen) atoms. The molecular formula is C16H22N2O. The molecule has 0 aliphatic carbocycles. The molecule has 0 aliphatic heterocycles. The molecule has 0 radical (unpaired) electrons. The van der Waals surface area contributed by atoms with E-state index in [4.69, 9.17) is 10.2 Å². The molecule has 1 aromatic heterocycles. The second-order valence-corrected chi connectivity index (χ2v) is 4.90. The first-order chi connectivity index (χ1) is 9.20. The Morgan fingerprint density at radius 3 is 2.63 bits per heavy atom. The van der Waals surface area contributed by atoms with Gasteiger partial charge in [0, 0.05) is 18.3 Å². The Labute approximate surface area is 115 Å². The summed E-state index contributed by atoms with van der Waals surface area (Å²) in [5.41, 5.74) is 8.48. The molecule has 0 saturated heterocycles. The Hall–Kier alpha value is -1.74. The normalized spacial score (nSPS) is 12.4. The molecule has 1 atom stereocenters. The SMILES string of the molecule is CCN(Cc1ccco1)c1ccccc1CC(C)N. The van der Waals surface area contributed by atoms with E-state index in [0.29, 0.717) is 0 Å². The zero-order valence-corrected chi connectivity index (χ0v) is 11.7. The third-order valence-electron chi connectivity index (χ3n) is 3.18. The smallest absolute Gasteiger partial charge is 0.123 e. The molecule has 0 saturated carbocycles. The molecule has 2 aromatic rings. The predicted molar refractivity (Wildman–Crippen MR) is 79.2 cm³/mol. The van der Waals surface area contributed by atoms with Crippen LogP contribution in [0.5, 0.6) is 0 Å². The van der Waals surface area contributed by atoms with E-state index in [1.807, 2.05) is 19.1 Å². The van der Waals surface area contributed by atoms with Crippen molar-refractivity contribution in [3.63, 3.8) is 0 Å². The molecule has 2 N–H and O–H groups in total. The Morgan fingerprint density at radius 2 is 2.00 bits per heavy atom. The number of hydrogen-bond acceptors (Lipinski definition) is 3. The van der Waals surface area contributed by atoms with Gasteiger partial charge in [-0.25, -0.2) is 0 Å². The highest BCUT2D eigenvalue weighted by Crippen LogP contribution is 2.23. The second-order valence-electron chi connectivity index (χ2n) is 4.90. The van der Waals surface area contributed by atoms with Crippen molar-refractivity contribution >= 4 is 5.69 Å². The van der Waals surface area contributed by atoms with Crippen LogP contribution in [0, 0.1) is 0 Å².